The molecular formula is C18H30ClN5O. The Hall–Kier alpha value is -1.40. The van der Waals surface area contributed by atoms with Crippen molar-refractivity contribution in [3.8, 4) is 0 Å². The molecule has 25 heavy (non-hydrogen) atoms. The predicted molar refractivity (Wildman–Crippen MR) is 102 cm³/mol. The summed E-state index contributed by atoms with van der Waals surface area (Å²) in [6.45, 7) is 12.8. The summed E-state index contributed by atoms with van der Waals surface area (Å²) in [6.07, 6.45) is 4.03. The summed E-state index contributed by atoms with van der Waals surface area (Å²) in [5.74, 6) is 1.02. The van der Waals surface area contributed by atoms with Crippen molar-refractivity contribution >= 4 is 23.5 Å². The van der Waals surface area contributed by atoms with Crippen LogP contribution in [0.25, 0.3) is 0 Å². The largest absolute Gasteiger partial charge is 0.349 e. The molecule has 1 aromatic rings. The summed E-state index contributed by atoms with van der Waals surface area (Å²) in [5.41, 5.74) is 0.248. The third-order valence-electron chi connectivity index (χ3n) is 4.86. The van der Waals surface area contributed by atoms with Crippen molar-refractivity contribution in [1.29, 1.82) is 0 Å². The van der Waals surface area contributed by atoms with Gasteiger partial charge in [-0.05, 0) is 46.1 Å². The molecule has 7 heteroatoms. The van der Waals surface area contributed by atoms with Crippen LogP contribution in [-0.2, 0) is 0 Å². The lowest BCUT2D eigenvalue weighted by molar-refractivity contribution is 0.0913. The molecule has 2 heterocycles. The number of amides is 1. The second kappa shape index (κ2) is 9.34. The maximum atomic E-state index is 12.5. The van der Waals surface area contributed by atoms with Gasteiger partial charge < -0.3 is 10.2 Å². The second-order valence-electron chi connectivity index (χ2n) is 6.84. The van der Waals surface area contributed by atoms with Crippen molar-refractivity contribution in [1.82, 2.24) is 20.2 Å². The Balaban J connectivity index is 1.99. The van der Waals surface area contributed by atoms with Gasteiger partial charge in [0.15, 0.2) is 5.69 Å². The van der Waals surface area contributed by atoms with E-state index in [2.05, 4.69) is 34.0 Å². The van der Waals surface area contributed by atoms with Crippen LogP contribution in [-0.4, -0.2) is 59.5 Å². The van der Waals surface area contributed by atoms with Gasteiger partial charge in [-0.1, -0.05) is 18.5 Å². The van der Waals surface area contributed by atoms with Gasteiger partial charge in [-0.15, -0.1) is 0 Å². The molecular weight excluding hydrogens is 338 g/mol. The van der Waals surface area contributed by atoms with E-state index in [0.717, 1.165) is 32.1 Å². The van der Waals surface area contributed by atoms with E-state index in [0.29, 0.717) is 18.5 Å². The molecule has 2 rings (SSSR count). The first kappa shape index (κ1) is 19.9. The molecule has 1 aliphatic heterocycles. The lowest BCUT2D eigenvalue weighted by Crippen LogP contribution is -2.46. The monoisotopic (exact) mass is 367 g/mol. The second-order valence-corrected chi connectivity index (χ2v) is 7.25. The van der Waals surface area contributed by atoms with Gasteiger partial charge in [0, 0.05) is 32.2 Å². The van der Waals surface area contributed by atoms with Crippen LogP contribution in [0.3, 0.4) is 0 Å². The zero-order chi connectivity index (χ0) is 18.4. The van der Waals surface area contributed by atoms with Crippen LogP contribution >= 0.6 is 11.6 Å². The molecule has 0 radical (unpaired) electrons. The van der Waals surface area contributed by atoms with Gasteiger partial charge in [0.1, 0.15) is 0 Å². The molecule has 1 saturated heterocycles. The van der Waals surface area contributed by atoms with Crippen LogP contribution in [0.15, 0.2) is 6.20 Å². The predicted octanol–water partition coefficient (Wildman–Crippen LogP) is 2.83. The maximum absolute atomic E-state index is 12.5. The van der Waals surface area contributed by atoms with Crippen LogP contribution in [0.4, 0.5) is 5.95 Å². The minimum Gasteiger partial charge on any atom is -0.349 e. The molecule has 6 nitrogen and oxygen atoms in total. The molecule has 0 bridgehead atoms. The number of nitrogens with one attached hydrogen (secondary N) is 1. The summed E-state index contributed by atoms with van der Waals surface area (Å²) in [7, 11) is 0. The quantitative estimate of drug-likeness (QED) is 0.802. The Kier molecular flexibility index (Phi) is 7.44. The van der Waals surface area contributed by atoms with Gasteiger partial charge in [-0.3, -0.25) is 9.69 Å². The summed E-state index contributed by atoms with van der Waals surface area (Å²) in [5, 5.41) is 3.26. The molecule has 0 aromatic carbocycles. The number of hydrogen-bond acceptors (Lipinski definition) is 5. The topological polar surface area (TPSA) is 61.4 Å². The van der Waals surface area contributed by atoms with E-state index in [-0.39, 0.29) is 16.6 Å². The third-order valence-corrected chi connectivity index (χ3v) is 5.14. The van der Waals surface area contributed by atoms with Crippen LogP contribution in [0.5, 0.6) is 0 Å². The fourth-order valence-electron chi connectivity index (χ4n) is 3.26. The minimum atomic E-state index is -0.238. The van der Waals surface area contributed by atoms with Crippen molar-refractivity contribution in [2.24, 2.45) is 5.92 Å². The lowest BCUT2D eigenvalue weighted by atomic mass is 9.99. The Morgan fingerprint density at radius 2 is 2.20 bits per heavy atom. The number of piperidine rings is 1. The minimum absolute atomic E-state index is 0.238. The van der Waals surface area contributed by atoms with Crippen LogP contribution < -0.4 is 10.2 Å². The van der Waals surface area contributed by atoms with Crippen LogP contribution in [0.1, 0.15) is 51.0 Å². The van der Waals surface area contributed by atoms with Crippen molar-refractivity contribution < 1.29 is 4.79 Å². The molecule has 1 N–H and O–H groups in total. The van der Waals surface area contributed by atoms with Gasteiger partial charge in [-0.2, -0.15) is 0 Å². The Labute approximate surface area is 156 Å². The number of carbonyl (C=O) groups is 1. The van der Waals surface area contributed by atoms with E-state index >= 15 is 0 Å². The highest BCUT2D eigenvalue weighted by atomic mass is 35.5. The first-order valence-corrected chi connectivity index (χ1v) is 9.63. The lowest BCUT2D eigenvalue weighted by Gasteiger charge is -2.35. The number of nitrogens with zero attached hydrogens (tertiary/aromatic N) is 4. The molecule has 1 aromatic heterocycles. The Bertz CT molecular complexity index is 579. The molecule has 1 fully saturated rings. The van der Waals surface area contributed by atoms with Gasteiger partial charge in [0.05, 0.1) is 11.2 Å². The number of hydrogen-bond donors (Lipinski definition) is 1. The van der Waals surface area contributed by atoms with Crippen molar-refractivity contribution in [3.63, 3.8) is 0 Å². The summed E-state index contributed by atoms with van der Waals surface area (Å²) < 4.78 is 0. The molecule has 2 unspecified atom stereocenters. The van der Waals surface area contributed by atoms with Gasteiger partial charge >= 0.3 is 0 Å². The Morgan fingerprint density at radius 1 is 1.48 bits per heavy atom. The maximum Gasteiger partial charge on any atom is 0.271 e. The van der Waals surface area contributed by atoms with Crippen molar-refractivity contribution in [2.75, 3.05) is 37.6 Å². The van der Waals surface area contributed by atoms with Crippen LogP contribution in [0.2, 0.25) is 5.02 Å². The number of likely N-dealkylation sites (tertiary alicyclic amines) is 1. The average molecular weight is 368 g/mol. The molecule has 0 aliphatic carbocycles. The summed E-state index contributed by atoms with van der Waals surface area (Å²) in [4.78, 5) is 25.6. The van der Waals surface area contributed by atoms with E-state index in [1.807, 2.05) is 18.7 Å². The fraction of sp³-hybridized carbons (Fsp3) is 0.722. The molecule has 2 atom stereocenters. The first-order chi connectivity index (χ1) is 12.0. The van der Waals surface area contributed by atoms with Gasteiger partial charge in [0.25, 0.3) is 5.91 Å². The molecule has 140 valence electrons. The number of rotatable bonds is 7. The highest BCUT2D eigenvalue weighted by molar-refractivity contribution is 6.33. The average Bonchev–Trinajstić information content (AvgIpc) is 2.61. The van der Waals surface area contributed by atoms with E-state index < -0.39 is 0 Å². The standard InChI is InChI=1S/C18H30ClN5O/c1-5-23(6-2)18-21-11-15(19)16(22-18)17(25)20-10-14(4)24-9-7-8-13(3)12-24/h11,13-14H,5-10,12H2,1-4H3,(H,20,25). The molecule has 1 aliphatic rings. The molecule has 1 amide bonds. The normalized spacial score (nSPS) is 19.5. The number of halogens is 1. The Morgan fingerprint density at radius 3 is 2.84 bits per heavy atom. The molecule has 0 spiro atoms. The van der Waals surface area contributed by atoms with Gasteiger partial charge in [0.2, 0.25) is 5.95 Å². The highest BCUT2D eigenvalue weighted by Gasteiger charge is 2.22. The van der Waals surface area contributed by atoms with E-state index in [1.54, 1.807) is 0 Å². The molecule has 0 saturated carbocycles. The first-order valence-electron chi connectivity index (χ1n) is 9.25. The zero-order valence-electron chi connectivity index (χ0n) is 15.8. The van der Waals surface area contributed by atoms with E-state index in [9.17, 15) is 4.79 Å². The zero-order valence-corrected chi connectivity index (χ0v) is 16.5. The van der Waals surface area contributed by atoms with Crippen molar-refractivity contribution in [2.45, 2.75) is 46.6 Å². The van der Waals surface area contributed by atoms with E-state index in [1.165, 1.54) is 19.0 Å². The summed E-state index contributed by atoms with van der Waals surface area (Å²) in [6, 6.07) is 0.301. The SMILES string of the molecule is CCN(CC)c1ncc(Cl)c(C(=O)NCC(C)N2CCCC(C)C2)n1. The van der Waals surface area contributed by atoms with Gasteiger partial charge in [-0.25, -0.2) is 9.97 Å². The van der Waals surface area contributed by atoms with Crippen molar-refractivity contribution in [3.05, 3.63) is 16.9 Å². The fourth-order valence-corrected chi connectivity index (χ4v) is 3.43. The number of anilines is 1. The number of aromatic nitrogens is 2. The van der Waals surface area contributed by atoms with E-state index in [4.69, 9.17) is 11.6 Å². The smallest absolute Gasteiger partial charge is 0.271 e. The van der Waals surface area contributed by atoms with Crippen LogP contribution in [0, 0.1) is 5.92 Å². The highest BCUT2D eigenvalue weighted by Crippen LogP contribution is 2.18. The summed E-state index contributed by atoms with van der Waals surface area (Å²) >= 11 is 6.15. The third kappa shape index (κ3) is 5.28. The number of carbonyl (C=O) groups excluding carboxylic acids is 1.